The van der Waals surface area contributed by atoms with Crippen molar-refractivity contribution in [3.63, 3.8) is 0 Å². The Balaban J connectivity index is 2.26. The van der Waals surface area contributed by atoms with Crippen LogP contribution < -0.4 is 0 Å². The van der Waals surface area contributed by atoms with Crippen molar-refractivity contribution >= 4 is 5.90 Å². The van der Waals surface area contributed by atoms with Crippen LogP contribution in [-0.4, -0.2) is 18.5 Å². The third-order valence-corrected chi connectivity index (χ3v) is 1.89. The first-order valence-electron chi connectivity index (χ1n) is 4.22. The topological polar surface area (TPSA) is 21.6 Å². The van der Waals surface area contributed by atoms with Crippen molar-refractivity contribution in [3.8, 4) is 0 Å². The number of benzene rings is 1. The lowest BCUT2D eigenvalue weighted by Crippen LogP contribution is -2.01. The smallest absolute Gasteiger partial charge is 0.216 e. The molecule has 2 rings (SSSR count). The molecule has 0 saturated heterocycles. The third-order valence-electron chi connectivity index (χ3n) is 1.89. The summed E-state index contributed by atoms with van der Waals surface area (Å²) in [5.74, 6) is 0.378. The molecule has 1 aromatic rings. The van der Waals surface area contributed by atoms with E-state index in [1.54, 1.807) is 12.1 Å². The Hall–Kier alpha value is -1.38. The predicted octanol–water partition coefficient (Wildman–Crippen LogP) is 1.99. The van der Waals surface area contributed by atoms with Crippen LogP contribution in [0.2, 0.25) is 0 Å². The highest BCUT2D eigenvalue weighted by atomic mass is 19.1. The summed E-state index contributed by atoms with van der Waals surface area (Å²) in [7, 11) is 0. The molecule has 13 heavy (non-hydrogen) atoms. The van der Waals surface area contributed by atoms with Gasteiger partial charge in [0.2, 0.25) is 5.90 Å². The molecule has 2 nitrogen and oxygen atoms in total. The van der Waals surface area contributed by atoms with Gasteiger partial charge in [-0.3, -0.25) is 0 Å². The maximum absolute atomic E-state index is 12.6. The van der Waals surface area contributed by atoms with E-state index in [2.05, 4.69) is 4.99 Å². The molecule has 0 fully saturated rings. The molecule has 1 aliphatic rings. The number of rotatable bonds is 1. The number of nitrogens with zero attached hydrogens (tertiary/aromatic N) is 1. The molecule has 0 saturated carbocycles. The van der Waals surface area contributed by atoms with E-state index in [-0.39, 0.29) is 11.9 Å². The van der Waals surface area contributed by atoms with Crippen molar-refractivity contribution in [1.29, 1.82) is 0 Å². The number of hydrogen-bond acceptors (Lipinski definition) is 2. The Morgan fingerprint density at radius 2 is 2.08 bits per heavy atom. The SMILES string of the molecule is CC1COC(c2ccc(F)cc2)=N1. The van der Waals surface area contributed by atoms with Gasteiger partial charge in [0.1, 0.15) is 12.4 Å². The molecule has 0 bridgehead atoms. The molecule has 68 valence electrons. The lowest BCUT2D eigenvalue weighted by atomic mass is 10.2. The molecule has 0 radical (unpaired) electrons. The van der Waals surface area contributed by atoms with E-state index in [1.165, 1.54) is 12.1 Å². The first kappa shape index (κ1) is 8.23. The molecule has 0 spiro atoms. The summed E-state index contributed by atoms with van der Waals surface area (Å²) in [5.41, 5.74) is 0.839. The minimum Gasteiger partial charge on any atom is -0.475 e. The Kier molecular flexibility index (Phi) is 2.00. The Morgan fingerprint density at radius 3 is 2.62 bits per heavy atom. The lowest BCUT2D eigenvalue weighted by Gasteiger charge is -1.99. The fourth-order valence-corrected chi connectivity index (χ4v) is 1.22. The van der Waals surface area contributed by atoms with Crippen LogP contribution in [-0.2, 0) is 4.74 Å². The first-order chi connectivity index (χ1) is 6.25. The zero-order valence-corrected chi connectivity index (χ0v) is 7.33. The van der Waals surface area contributed by atoms with E-state index in [1.807, 2.05) is 6.92 Å². The van der Waals surface area contributed by atoms with Gasteiger partial charge >= 0.3 is 0 Å². The predicted molar refractivity (Wildman–Crippen MR) is 48.4 cm³/mol. The van der Waals surface area contributed by atoms with Crippen LogP contribution in [0, 0.1) is 5.82 Å². The fraction of sp³-hybridized carbons (Fsp3) is 0.300. The maximum Gasteiger partial charge on any atom is 0.216 e. The first-order valence-corrected chi connectivity index (χ1v) is 4.22. The zero-order chi connectivity index (χ0) is 9.26. The molecule has 3 heteroatoms. The van der Waals surface area contributed by atoms with Crippen LogP contribution in [0.15, 0.2) is 29.3 Å². The second-order valence-electron chi connectivity index (χ2n) is 3.10. The summed E-state index contributed by atoms with van der Waals surface area (Å²) in [6.45, 7) is 2.60. The van der Waals surface area contributed by atoms with Crippen molar-refractivity contribution in [2.45, 2.75) is 13.0 Å². The molecule has 0 aliphatic carbocycles. The van der Waals surface area contributed by atoms with Crippen LogP contribution in [0.25, 0.3) is 0 Å². The Morgan fingerprint density at radius 1 is 1.38 bits per heavy atom. The summed E-state index contributed by atoms with van der Waals surface area (Å²) in [4.78, 5) is 4.26. The monoisotopic (exact) mass is 179 g/mol. The fourth-order valence-electron chi connectivity index (χ4n) is 1.22. The number of halogens is 1. The maximum atomic E-state index is 12.6. The standard InChI is InChI=1S/C10H10FNO/c1-7-6-13-10(12-7)8-2-4-9(11)5-3-8/h2-5,7H,6H2,1H3. The highest BCUT2D eigenvalue weighted by Crippen LogP contribution is 2.11. The number of ether oxygens (including phenoxy) is 1. The number of aliphatic imine (C=N–C) groups is 1. The van der Waals surface area contributed by atoms with Gasteiger partial charge in [0, 0.05) is 5.56 Å². The van der Waals surface area contributed by atoms with E-state index >= 15 is 0 Å². The van der Waals surface area contributed by atoms with Crippen molar-refractivity contribution in [2.24, 2.45) is 4.99 Å². The summed E-state index contributed by atoms with van der Waals surface area (Å²) in [5, 5.41) is 0. The van der Waals surface area contributed by atoms with Gasteiger partial charge in [0.05, 0.1) is 6.04 Å². The Bertz CT molecular complexity index is 331. The van der Waals surface area contributed by atoms with Crippen molar-refractivity contribution < 1.29 is 9.13 Å². The average molecular weight is 179 g/mol. The highest BCUT2D eigenvalue weighted by Gasteiger charge is 2.15. The summed E-state index contributed by atoms with van der Waals surface area (Å²) in [6, 6.07) is 6.37. The van der Waals surface area contributed by atoms with Crippen LogP contribution in [0.1, 0.15) is 12.5 Å². The largest absolute Gasteiger partial charge is 0.475 e. The van der Waals surface area contributed by atoms with E-state index in [4.69, 9.17) is 4.74 Å². The van der Waals surface area contributed by atoms with Gasteiger partial charge in [-0.2, -0.15) is 0 Å². The number of hydrogen-bond donors (Lipinski definition) is 0. The minimum absolute atomic E-state index is 0.208. The van der Waals surface area contributed by atoms with E-state index in [0.717, 1.165) is 5.56 Å². The molecule has 0 amide bonds. The van der Waals surface area contributed by atoms with Crippen LogP contribution in [0.3, 0.4) is 0 Å². The second-order valence-corrected chi connectivity index (χ2v) is 3.10. The molecule has 1 unspecified atom stereocenters. The van der Waals surface area contributed by atoms with Gasteiger partial charge in [-0.25, -0.2) is 9.38 Å². The molecule has 1 aromatic carbocycles. The average Bonchev–Trinajstić information content (AvgIpc) is 2.53. The summed E-state index contributed by atoms with van der Waals surface area (Å²) >= 11 is 0. The molecular weight excluding hydrogens is 169 g/mol. The normalized spacial score (nSPS) is 21.1. The molecule has 1 heterocycles. The lowest BCUT2D eigenvalue weighted by molar-refractivity contribution is 0.324. The summed E-state index contributed by atoms with van der Waals surface area (Å²) < 4.78 is 17.9. The van der Waals surface area contributed by atoms with E-state index in [9.17, 15) is 4.39 Å². The van der Waals surface area contributed by atoms with E-state index < -0.39 is 0 Å². The molecule has 0 N–H and O–H groups in total. The third kappa shape index (κ3) is 1.69. The van der Waals surface area contributed by atoms with Crippen molar-refractivity contribution in [2.75, 3.05) is 6.61 Å². The summed E-state index contributed by atoms with van der Waals surface area (Å²) in [6.07, 6.45) is 0. The zero-order valence-electron chi connectivity index (χ0n) is 7.33. The minimum atomic E-state index is -0.240. The van der Waals surface area contributed by atoms with Gasteiger partial charge in [-0.1, -0.05) is 0 Å². The van der Waals surface area contributed by atoms with Gasteiger partial charge in [-0.15, -0.1) is 0 Å². The highest BCUT2D eigenvalue weighted by molar-refractivity contribution is 5.95. The van der Waals surface area contributed by atoms with Crippen LogP contribution in [0.5, 0.6) is 0 Å². The van der Waals surface area contributed by atoms with Gasteiger partial charge in [-0.05, 0) is 31.2 Å². The molecule has 1 aliphatic heterocycles. The quantitative estimate of drug-likeness (QED) is 0.646. The molecule has 1 atom stereocenters. The van der Waals surface area contributed by atoms with Crippen LogP contribution >= 0.6 is 0 Å². The van der Waals surface area contributed by atoms with E-state index in [0.29, 0.717) is 12.5 Å². The van der Waals surface area contributed by atoms with Gasteiger partial charge in [0.25, 0.3) is 0 Å². The Labute approximate surface area is 76.1 Å². The van der Waals surface area contributed by atoms with Gasteiger partial charge in [0.15, 0.2) is 0 Å². The molecule has 0 aromatic heterocycles. The van der Waals surface area contributed by atoms with Crippen molar-refractivity contribution in [1.82, 2.24) is 0 Å². The second kappa shape index (κ2) is 3.17. The van der Waals surface area contributed by atoms with Crippen molar-refractivity contribution in [3.05, 3.63) is 35.6 Å². The molecular formula is C10H10FNO. The van der Waals surface area contributed by atoms with Gasteiger partial charge < -0.3 is 4.74 Å². The van der Waals surface area contributed by atoms with Crippen LogP contribution in [0.4, 0.5) is 4.39 Å².